The molecule has 0 saturated carbocycles. The molecule has 0 aliphatic heterocycles. The van der Waals surface area contributed by atoms with Gasteiger partial charge in [-0.2, -0.15) is 16.8 Å². The van der Waals surface area contributed by atoms with E-state index in [4.69, 9.17) is 31.6 Å². The third kappa shape index (κ3) is 4.35. The van der Waals surface area contributed by atoms with Crippen molar-refractivity contribution in [1.82, 2.24) is 0 Å². The third-order valence-corrected chi connectivity index (χ3v) is 8.50. The average molecular weight is 561 g/mol. The monoisotopic (exact) mass is 560 g/mol. The van der Waals surface area contributed by atoms with Gasteiger partial charge in [-0.15, -0.1) is 0 Å². The Morgan fingerprint density at radius 2 is 0.917 bits per heavy atom. The van der Waals surface area contributed by atoms with Crippen LogP contribution in [0.5, 0.6) is 11.5 Å². The summed E-state index contributed by atoms with van der Waals surface area (Å²) in [6.45, 7) is 0. The number of hydrogen-bond acceptors (Lipinski definition) is 7. The first-order chi connectivity index (χ1) is 17.1. The van der Waals surface area contributed by atoms with E-state index >= 15 is 0 Å². The zero-order chi connectivity index (χ0) is 25.7. The second kappa shape index (κ2) is 8.94. The lowest BCUT2D eigenvalue weighted by atomic mass is 10.1. The maximum absolute atomic E-state index is 13.2. The lowest BCUT2D eigenvalue weighted by molar-refractivity contribution is 0.104. The van der Waals surface area contributed by atoms with Crippen LogP contribution in [0.4, 0.5) is 0 Å². The van der Waals surface area contributed by atoms with Crippen LogP contribution in [0, 0.1) is 0 Å². The van der Waals surface area contributed by atoms with E-state index in [2.05, 4.69) is 0 Å². The van der Waals surface area contributed by atoms with Crippen LogP contribution in [0.2, 0.25) is 10.0 Å². The van der Waals surface area contributed by atoms with E-state index < -0.39 is 26.0 Å². The first kappa shape index (κ1) is 24.3. The van der Waals surface area contributed by atoms with Gasteiger partial charge in [-0.1, -0.05) is 59.6 Å². The molecule has 0 N–H and O–H groups in total. The van der Waals surface area contributed by atoms with Crippen molar-refractivity contribution in [1.29, 1.82) is 0 Å². The van der Waals surface area contributed by atoms with Crippen molar-refractivity contribution in [2.24, 2.45) is 0 Å². The number of carbonyl (C=O) groups excluding carboxylic acids is 1. The van der Waals surface area contributed by atoms with E-state index in [-0.39, 0.29) is 42.5 Å². The number of fused-ring (bicyclic) bond motifs is 3. The summed E-state index contributed by atoms with van der Waals surface area (Å²) in [6.07, 6.45) is 0. The Morgan fingerprint density at radius 1 is 0.528 bits per heavy atom. The summed E-state index contributed by atoms with van der Waals surface area (Å²) in [5.41, 5.74) is 1.11. The summed E-state index contributed by atoms with van der Waals surface area (Å²) < 4.78 is 61.6. The van der Waals surface area contributed by atoms with E-state index in [9.17, 15) is 21.6 Å². The minimum absolute atomic E-state index is 0.0531. The summed E-state index contributed by atoms with van der Waals surface area (Å²) >= 11 is 12.0. The van der Waals surface area contributed by atoms with Crippen molar-refractivity contribution >= 4 is 49.2 Å². The van der Waals surface area contributed by atoms with Crippen LogP contribution < -0.4 is 8.37 Å². The molecular formula is C25H14Cl2O7S2. The van der Waals surface area contributed by atoms with E-state index in [0.29, 0.717) is 11.1 Å². The lowest BCUT2D eigenvalue weighted by Crippen LogP contribution is -2.11. The molecule has 182 valence electrons. The number of carbonyl (C=O) groups is 1. The molecule has 0 fully saturated rings. The Labute approximate surface area is 217 Å². The Morgan fingerprint density at radius 3 is 1.31 bits per heavy atom. The van der Waals surface area contributed by atoms with E-state index in [1.165, 1.54) is 60.7 Å². The van der Waals surface area contributed by atoms with Gasteiger partial charge in [0.25, 0.3) is 0 Å². The Bertz CT molecular complexity index is 1640. The predicted octanol–water partition coefficient (Wildman–Crippen LogP) is 5.74. The Kier molecular flexibility index (Phi) is 6.04. The van der Waals surface area contributed by atoms with Gasteiger partial charge in [-0.3, -0.25) is 4.79 Å². The van der Waals surface area contributed by atoms with Gasteiger partial charge in [0.2, 0.25) is 0 Å². The quantitative estimate of drug-likeness (QED) is 0.244. The zero-order valence-corrected chi connectivity index (χ0v) is 21.2. The number of ketones is 1. The molecule has 0 aromatic heterocycles. The fourth-order valence-corrected chi connectivity index (χ4v) is 6.10. The number of halogens is 2. The molecule has 0 unspecified atom stereocenters. The molecule has 11 heteroatoms. The highest BCUT2D eigenvalue weighted by molar-refractivity contribution is 7.87. The highest BCUT2D eigenvalue weighted by atomic mass is 35.5. The standard InChI is InChI=1S/C25H14Cl2O7S2/c26-21-5-1-3-7-23(21)33-35(29,30)15-9-11-17-18-12-10-16(14-20(18)25(28)19(17)13-15)36(31,32)34-24-8-4-2-6-22(24)27/h1-14H. The van der Waals surface area contributed by atoms with Crippen LogP contribution in [0.1, 0.15) is 15.9 Å². The first-order valence-corrected chi connectivity index (χ1v) is 13.9. The molecule has 0 heterocycles. The fraction of sp³-hybridized carbons (Fsp3) is 0. The second-order valence-corrected chi connectivity index (χ2v) is 11.6. The normalized spacial score (nSPS) is 12.7. The zero-order valence-electron chi connectivity index (χ0n) is 18.0. The van der Waals surface area contributed by atoms with E-state index in [1.54, 1.807) is 24.3 Å². The van der Waals surface area contributed by atoms with Gasteiger partial charge in [0.15, 0.2) is 17.3 Å². The summed E-state index contributed by atoms with van der Waals surface area (Å²) in [7, 11) is -8.61. The van der Waals surface area contributed by atoms with Crippen LogP contribution >= 0.6 is 23.2 Å². The Balaban J connectivity index is 1.48. The van der Waals surface area contributed by atoms with Crippen molar-refractivity contribution in [3.8, 4) is 22.6 Å². The molecule has 1 aliphatic rings. The molecule has 5 rings (SSSR count). The summed E-state index contributed by atoms with van der Waals surface area (Å²) in [5.74, 6) is -0.644. The minimum Gasteiger partial charge on any atom is -0.377 e. The highest BCUT2D eigenvalue weighted by Crippen LogP contribution is 2.39. The number of para-hydroxylation sites is 2. The van der Waals surface area contributed by atoms with E-state index in [1.807, 2.05) is 0 Å². The smallest absolute Gasteiger partial charge is 0.339 e. The van der Waals surface area contributed by atoms with Gasteiger partial charge in [-0.05, 0) is 59.7 Å². The van der Waals surface area contributed by atoms with Crippen LogP contribution in [-0.2, 0) is 20.2 Å². The maximum atomic E-state index is 13.2. The van der Waals surface area contributed by atoms with Gasteiger partial charge >= 0.3 is 20.2 Å². The molecule has 0 saturated heterocycles. The van der Waals surface area contributed by atoms with Gasteiger partial charge < -0.3 is 8.37 Å². The van der Waals surface area contributed by atoms with Gasteiger partial charge in [-0.25, -0.2) is 0 Å². The minimum atomic E-state index is -4.30. The molecule has 1 aliphatic carbocycles. The molecule has 0 amide bonds. The summed E-state index contributed by atoms with van der Waals surface area (Å²) in [4.78, 5) is 12.7. The van der Waals surface area contributed by atoms with Gasteiger partial charge in [0.1, 0.15) is 9.79 Å². The Hall–Kier alpha value is -3.37. The molecule has 36 heavy (non-hydrogen) atoms. The molecule has 0 radical (unpaired) electrons. The first-order valence-electron chi connectivity index (χ1n) is 10.3. The van der Waals surface area contributed by atoms with Crippen LogP contribution in [0.25, 0.3) is 11.1 Å². The van der Waals surface area contributed by atoms with Crippen molar-refractivity contribution in [3.05, 3.63) is 106 Å². The number of hydrogen-bond donors (Lipinski definition) is 0. The molecule has 0 spiro atoms. The van der Waals surface area contributed by atoms with Crippen molar-refractivity contribution in [3.63, 3.8) is 0 Å². The number of rotatable bonds is 6. The summed E-state index contributed by atoms with van der Waals surface area (Å²) in [5, 5.41) is 0.219. The molecule has 7 nitrogen and oxygen atoms in total. The highest BCUT2D eigenvalue weighted by Gasteiger charge is 2.31. The van der Waals surface area contributed by atoms with Gasteiger partial charge in [0, 0.05) is 11.1 Å². The molecule has 4 aromatic rings. The van der Waals surface area contributed by atoms with Crippen molar-refractivity contribution < 1.29 is 30.0 Å². The average Bonchev–Trinajstić information content (AvgIpc) is 3.13. The molecule has 4 aromatic carbocycles. The summed E-state index contributed by atoms with van der Waals surface area (Å²) in [6, 6.07) is 20.1. The van der Waals surface area contributed by atoms with Gasteiger partial charge in [0.05, 0.1) is 10.0 Å². The second-order valence-electron chi connectivity index (χ2n) is 7.68. The fourth-order valence-electron chi connectivity index (χ4n) is 3.71. The third-order valence-electron chi connectivity index (χ3n) is 5.41. The van der Waals surface area contributed by atoms with Crippen LogP contribution in [-0.4, -0.2) is 22.6 Å². The van der Waals surface area contributed by atoms with E-state index in [0.717, 1.165) is 0 Å². The topological polar surface area (TPSA) is 104 Å². The van der Waals surface area contributed by atoms with Crippen molar-refractivity contribution in [2.45, 2.75) is 9.79 Å². The number of benzene rings is 4. The molecule has 0 atom stereocenters. The van der Waals surface area contributed by atoms with Crippen LogP contribution in [0.15, 0.2) is 94.7 Å². The van der Waals surface area contributed by atoms with Crippen LogP contribution in [0.3, 0.4) is 0 Å². The molecular weight excluding hydrogens is 547 g/mol. The lowest BCUT2D eigenvalue weighted by Gasteiger charge is -2.10. The SMILES string of the molecule is O=C1c2cc(S(=O)(=O)Oc3ccccc3Cl)ccc2-c2ccc(S(=O)(=O)Oc3ccccc3Cl)cc21. The largest absolute Gasteiger partial charge is 0.377 e. The predicted molar refractivity (Wildman–Crippen MR) is 134 cm³/mol. The molecule has 0 bridgehead atoms. The maximum Gasteiger partial charge on any atom is 0.339 e. The van der Waals surface area contributed by atoms with Crippen molar-refractivity contribution in [2.75, 3.05) is 0 Å².